The Morgan fingerprint density at radius 1 is 1.35 bits per heavy atom. The van der Waals surface area contributed by atoms with Crippen LogP contribution in [0, 0.1) is 13.8 Å². The molecule has 0 aliphatic carbocycles. The van der Waals surface area contributed by atoms with Crippen LogP contribution >= 0.6 is 23.1 Å². The zero-order valence-electron chi connectivity index (χ0n) is 13.1. The number of carbonyl (C=O) groups excluding carboxylic acids is 1. The Morgan fingerprint density at radius 2 is 2.17 bits per heavy atom. The Balaban J connectivity index is 1.75. The standard InChI is InChI=1S/C14H16N6OS2/c1-9-12(17-23-16-9)8-20-10(2)13(15-18-20)14(21)19(3)7-11-5-4-6-22-11/h4-6H,7-8H2,1-3H3. The van der Waals surface area contributed by atoms with Gasteiger partial charge in [-0.1, -0.05) is 11.3 Å². The molecule has 23 heavy (non-hydrogen) atoms. The predicted octanol–water partition coefficient (Wildman–Crippen LogP) is 2.13. The van der Waals surface area contributed by atoms with E-state index in [1.807, 2.05) is 31.4 Å². The normalized spacial score (nSPS) is 10.9. The number of aryl methyl sites for hydroxylation is 1. The second-order valence-corrected chi connectivity index (χ2v) is 6.78. The highest BCUT2D eigenvalue weighted by atomic mass is 32.1. The van der Waals surface area contributed by atoms with Crippen molar-refractivity contribution in [2.45, 2.75) is 26.9 Å². The summed E-state index contributed by atoms with van der Waals surface area (Å²) in [5.74, 6) is -0.129. The summed E-state index contributed by atoms with van der Waals surface area (Å²) in [7, 11) is 1.77. The number of nitrogens with zero attached hydrogens (tertiary/aromatic N) is 6. The molecule has 0 unspecified atom stereocenters. The topological polar surface area (TPSA) is 76.8 Å². The fourth-order valence-electron chi connectivity index (χ4n) is 2.13. The number of thiophene rings is 1. The van der Waals surface area contributed by atoms with Gasteiger partial charge in [0, 0.05) is 11.9 Å². The van der Waals surface area contributed by atoms with Crippen molar-refractivity contribution in [2.75, 3.05) is 7.05 Å². The van der Waals surface area contributed by atoms with Crippen molar-refractivity contribution in [1.82, 2.24) is 28.6 Å². The van der Waals surface area contributed by atoms with E-state index in [0.717, 1.165) is 22.0 Å². The van der Waals surface area contributed by atoms with Gasteiger partial charge in [0.2, 0.25) is 0 Å². The maximum atomic E-state index is 12.6. The highest BCUT2D eigenvalue weighted by Crippen LogP contribution is 2.15. The monoisotopic (exact) mass is 348 g/mol. The van der Waals surface area contributed by atoms with Gasteiger partial charge in [-0.25, -0.2) is 4.68 Å². The second kappa shape index (κ2) is 6.55. The Kier molecular flexibility index (Phi) is 4.49. The summed E-state index contributed by atoms with van der Waals surface area (Å²) in [4.78, 5) is 15.4. The summed E-state index contributed by atoms with van der Waals surface area (Å²) in [5.41, 5.74) is 2.85. The van der Waals surface area contributed by atoms with Crippen LogP contribution in [0.3, 0.4) is 0 Å². The van der Waals surface area contributed by atoms with Crippen molar-refractivity contribution in [3.63, 3.8) is 0 Å². The zero-order chi connectivity index (χ0) is 16.4. The van der Waals surface area contributed by atoms with E-state index in [4.69, 9.17) is 0 Å². The van der Waals surface area contributed by atoms with Crippen LogP contribution in [0.1, 0.15) is 32.4 Å². The van der Waals surface area contributed by atoms with Gasteiger partial charge in [0.15, 0.2) is 5.69 Å². The van der Waals surface area contributed by atoms with Gasteiger partial charge < -0.3 is 4.90 Å². The Bertz CT molecular complexity index is 807. The molecule has 0 N–H and O–H groups in total. The Hall–Kier alpha value is -2.13. The highest BCUT2D eigenvalue weighted by Gasteiger charge is 2.21. The smallest absolute Gasteiger partial charge is 0.276 e. The SMILES string of the molecule is Cc1nsnc1Cn1nnc(C(=O)N(C)Cc2cccs2)c1C. The number of aromatic nitrogens is 5. The summed E-state index contributed by atoms with van der Waals surface area (Å²) in [6, 6.07) is 3.99. The van der Waals surface area contributed by atoms with E-state index >= 15 is 0 Å². The highest BCUT2D eigenvalue weighted by molar-refractivity contribution is 7.09. The third-order valence-electron chi connectivity index (χ3n) is 3.55. The van der Waals surface area contributed by atoms with E-state index in [2.05, 4.69) is 19.1 Å². The molecule has 9 heteroatoms. The number of rotatable bonds is 5. The first-order valence-electron chi connectivity index (χ1n) is 7.02. The molecule has 0 fully saturated rings. The van der Waals surface area contributed by atoms with Crippen LogP contribution in [0.25, 0.3) is 0 Å². The van der Waals surface area contributed by atoms with Crippen molar-refractivity contribution >= 4 is 29.0 Å². The van der Waals surface area contributed by atoms with E-state index in [1.54, 1.807) is 28.0 Å². The molecule has 0 spiro atoms. The first-order valence-corrected chi connectivity index (χ1v) is 8.63. The number of hydrogen-bond donors (Lipinski definition) is 0. The van der Waals surface area contributed by atoms with E-state index in [0.29, 0.717) is 18.8 Å². The summed E-state index contributed by atoms with van der Waals surface area (Å²) in [5, 5.41) is 10.1. The molecule has 1 amide bonds. The molecule has 120 valence electrons. The second-order valence-electron chi connectivity index (χ2n) is 5.22. The van der Waals surface area contributed by atoms with Crippen LogP contribution in [0.2, 0.25) is 0 Å². The minimum Gasteiger partial charge on any atom is -0.335 e. The van der Waals surface area contributed by atoms with Crippen molar-refractivity contribution < 1.29 is 4.79 Å². The van der Waals surface area contributed by atoms with E-state index in [1.165, 1.54) is 11.7 Å². The molecule has 3 aromatic rings. The fraction of sp³-hybridized carbons (Fsp3) is 0.357. The van der Waals surface area contributed by atoms with Crippen LogP contribution < -0.4 is 0 Å². The van der Waals surface area contributed by atoms with Crippen molar-refractivity contribution in [3.8, 4) is 0 Å². The molecular weight excluding hydrogens is 332 g/mol. The predicted molar refractivity (Wildman–Crippen MR) is 88.6 cm³/mol. The van der Waals surface area contributed by atoms with Crippen LogP contribution in [0.5, 0.6) is 0 Å². The third kappa shape index (κ3) is 3.30. The summed E-state index contributed by atoms with van der Waals surface area (Å²) < 4.78 is 10.1. The summed E-state index contributed by atoms with van der Waals surface area (Å²) in [6.07, 6.45) is 0. The van der Waals surface area contributed by atoms with Crippen molar-refractivity contribution in [1.29, 1.82) is 0 Å². The van der Waals surface area contributed by atoms with Gasteiger partial charge in [-0.05, 0) is 25.3 Å². The minimum absolute atomic E-state index is 0.129. The molecule has 0 radical (unpaired) electrons. The lowest BCUT2D eigenvalue weighted by Gasteiger charge is -2.15. The molecule has 0 atom stereocenters. The van der Waals surface area contributed by atoms with E-state index in [9.17, 15) is 4.79 Å². The average Bonchev–Trinajstić information content (AvgIpc) is 3.24. The minimum atomic E-state index is -0.129. The average molecular weight is 348 g/mol. The maximum absolute atomic E-state index is 12.6. The molecule has 0 saturated carbocycles. The maximum Gasteiger partial charge on any atom is 0.276 e. The lowest BCUT2D eigenvalue weighted by Crippen LogP contribution is -2.27. The molecule has 0 aromatic carbocycles. The Morgan fingerprint density at radius 3 is 2.83 bits per heavy atom. The van der Waals surface area contributed by atoms with Crippen LogP contribution in [-0.2, 0) is 13.1 Å². The molecular formula is C14H16N6OS2. The van der Waals surface area contributed by atoms with Crippen LogP contribution in [0.15, 0.2) is 17.5 Å². The molecule has 0 bridgehead atoms. The van der Waals surface area contributed by atoms with E-state index in [-0.39, 0.29) is 5.91 Å². The first-order chi connectivity index (χ1) is 11.1. The quantitative estimate of drug-likeness (QED) is 0.706. The number of hydrogen-bond acceptors (Lipinski definition) is 7. The van der Waals surface area contributed by atoms with Gasteiger partial charge in [0.25, 0.3) is 5.91 Å². The lowest BCUT2D eigenvalue weighted by molar-refractivity contribution is 0.0779. The fourth-order valence-corrected chi connectivity index (χ4v) is 3.45. The summed E-state index contributed by atoms with van der Waals surface area (Å²) >= 11 is 2.80. The van der Waals surface area contributed by atoms with Gasteiger partial charge in [-0.3, -0.25) is 4.79 Å². The molecule has 0 aliphatic heterocycles. The number of carbonyl (C=O) groups is 1. The van der Waals surface area contributed by atoms with Crippen molar-refractivity contribution in [3.05, 3.63) is 45.2 Å². The molecule has 0 saturated heterocycles. The van der Waals surface area contributed by atoms with E-state index < -0.39 is 0 Å². The van der Waals surface area contributed by atoms with Crippen molar-refractivity contribution in [2.24, 2.45) is 0 Å². The van der Waals surface area contributed by atoms with Gasteiger partial charge in [-0.15, -0.1) is 16.4 Å². The third-order valence-corrected chi connectivity index (χ3v) is 5.07. The van der Waals surface area contributed by atoms with Gasteiger partial charge in [-0.2, -0.15) is 8.75 Å². The molecule has 3 aromatic heterocycles. The Labute approximate surface area is 141 Å². The molecule has 3 rings (SSSR count). The first kappa shape index (κ1) is 15.8. The van der Waals surface area contributed by atoms with Crippen LogP contribution in [0.4, 0.5) is 0 Å². The van der Waals surface area contributed by atoms with Gasteiger partial charge in [0.1, 0.15) is 0 Å². The molecule has 3 heterocycles. The van der Waals surface area contributed by atoms with Gasteiger partial charge in [0.05, 0.1) is 41.9 Å². The molecule has 7 nitrogen and oxygen atoms in total. The lowest BCUT2D eigenvalue weighted by atomic mass is 10.3. The zero-order valence-corrected chi connectivity index (χ0v) is 14.7. The number of amides is 1. The summed E-state index contributed by atoms with van der Waals surface area (Å²) in [6.45, 7) is 4.80. The molecule has 0 aliphatic rings. The van der Waals surface area contributed by atoms with Gasteiger partial charge >= 0.3 is 0 Å². The largest absolute Gasteiger partial charge is 0.335 e. The van der Waals surface area contributed by atoms with Crippen LogP contribution in [-0.4, -0.2) is 41.6 Å².